The Hall–Kier alpha value is -1.14. The lowest BCUT2D eigenvalue weighted by Gasteiger charge is -2.49. The zero-order chi connectivity index (χ0) is 13.9. The Balaban J connectivity index is 2.86. The number of nitrogens with zero attached hydrogens (tertiary/aromatic N) is 2. The molecule has 1 aliphatic heterocycles. The average Bonchev–Trinajstić information content (AvgIpc) is 2.27. The van der Waals surface area contributed by atoms with Crippen LogP contribution in [0.1, 0.15) is 20.3 Å². The van der Waals surface area contributed by atoms with E-state index in [4.69, 9.17) is 9.84 Å². The van der Waals surface area contributed by atoms with Crippen LogP contribution in [0, 0.1) is 0 Å². The highest BCUT2D eigenvalue weighted by Gasteiger charge is 2.43. The molecule has 1 unspecified atom stereocenters. The Morgan fingerprint density at radius 2 is 2.17 bits per heavy atom. The molecule has 1 saturated heterocycles. The molecule has 0 aromatic rings. The Bertz CT molecular complexity index is 330. The van der Waals surface area contributed by atoms with Gasteiger partial charge in [0, 0.05) is 25.7 Å². The van der Waals surface area contributed by atoms with E-state index in [1.807, 2.05) is 18.7 Å². The predicted octanol–water partition coefficient (Wildman–Crippen LogP) is 0.0287. The van der Waals surface area contributed by atoms with E-state index in [9.17, 15) is 9.59 Å². The van der Waals surface area contributed by atoms with E-state index in [0.717, 1.165) is 0 Å². The maximum Gasteiger partial charge on any atom is 0.305 e. The monoisotopic (exact) mass is 258 g/mol. The minimum Gasteiger partial charge on any atom is -0.481 e. The number of hydrogen-bond donors (Lipinski definition) is 1. The summed E-state index contributed by atoms with van der Waals surface area (Å²) in [7, 11) is 3.39. The number of carbonyl (C=O) groups excluding carboxylic acids is 1. The summed E-state index contributed by atoms with van der Waals surface area (Å²) in [5, 5.41) is 8.91. The first-order valence-electron chi connectivity index (χ1n) is 6.02. The normalized spacial score (nSPS) is 24.3. The van der Waals surface area contributed by atoms with E-state index < -0.39 is 12.0 Å². The SMILES string of the molecule is COCCN1CC(C)(C)N(C)C(CC(=O)O)C1=O. The lowest BCUT2D eigenvalue weighted by Crippen LogP contribution is -2.65. The molecule has 0 bridgehead atoms. The van der Waals surface area contributed by atoms with E-state index in [0.29, 0.717) is 19.7 Å². The van der Waals surface area contributed by atoms with Crippen LogP contribution < -0.4 is 0 Å². The van der Waals surface area contributed by atoms with Crippen LogP contribution in [0.3, 0.4) is 0 Å². The van der Waals surface area contributed by atoms with Crippen molar-refractivity contribution in [3.63, 3.8) is 0 Å². The quantitative estimate of drug-likeness (QED) is 0.753. The molecule has 0 radical (unpaired) electrons. The van der Waals surface area contributed by atoms with Crippen LogP contribution in [0.4, 0.5) is 0 Å². The molecule has 1 N–H and O–H groups in total. The van der Waals surface area contributed by atoms with E-state index in [-0.39, 0.29) is 17.9 Å². The van der Waals surface area contributed by atoms with Gasteiger partial charge in [-0.15, -0.1) is 0 Å². The fourth-order valence-corrected chi connectivity index (χ4v) is 2.24. The third kappa shape index (κ3) is 3.20. The van der Waals surface area contributed by atoms with Crippen molar-refractivity contribution in [3.8, 4) is 0 Å². The van der Waals surface area contributed by atoms with Crippen LogP contribution in [0.2, 0.25) is 0 Å². The number of piperazine rings is 1. The van der Waals surface area contributed by atoms with Gasteiger partial charge >= 0.3 is 5.97 Å². The van der Waals surface area contributed by atoms with Gasteiger partial charge in [-0.25, -0.2) is 0 Å². The number of rotatable bonds is 5. The van der Waals surface area contributed by atoms with Gasteiger partial charge in [-0.2, -0.15) is 0 Å². The lowest BCUT2D eigenvalue weighted by atomic mass is 9.93. The molecule has 1 aliphatic rings. The van der Waals surface area contributed by atoms with E-state index in [1.54, 1.807) is 19.1 Å². The molecule has 0 spiro atoms. The van der Waals surface area contributed by atoms with Gasteiger partial charge in [0.15, 0.2) is 0 Å². The summed E-state index contributed by atoms with van der Waals surface area (Å²) in [6.45, 7) is 5.57. The highest BCUT2D eigenvalue weighted by molar-refractivity contribution is 5.87. The average molecular weight is 258 g/mol. The molecule has 18 heavy (non-hydrogen) atoms. The molecule has 1 rings (SSSR count). The van der Waals surface area contributed by atoms with Crippen molar-refractivity contribution < 1.29 is 19.4 Å². The molecule has 1 fully saturated rings. The Kier molecular flexibility index (Phi) is 4.70. The molecule has 0 aromatic heterocycles. The lowest BCUT2D eigenvalue weighted by molar-refractivity contribution is -0.155. The number of ether oxygens (including phenoxy) is 1. The molecular formula is C12H22N2O4. The van der Waals surface area contributed by atoms with Gasteiger partial charge in [-0.3, -0.25) is 14.5 Å². The van der Waals surface area contributed by atoms with Crippen LogP contribution in [0.5, 0.6) is 0 Å². The number of carboxylic acid groups (broad SMARTS) is 1. The third-order valence-corrected chi connectivity index (χ3v) is 3.53. The van der Waals surface area contributed by atoms with Gasteiger partial charge in [0.05, 0.1) is 13.0 Å². The molecule has 1 atom stereocenters. The molecule has 104 valence electrons. The second-order valence-corrected chi connectivity index (χ2v) is 5.29. The van der Waals surface area contributed by atoms with Crippen molar-refractivity contribution in [1.82, 2.24) is 9.80 Å². The second-order valence-electron chi connectivity index (χ2n) is 5.29. The fourth-order valence-electron chi connectivity index (χ4n) is 2.24. The summed E-state index contributed by atoms with van der Waals surface area (Å²) in [4.78, 5) is 26.6. The third-order valence-electron chi connectivity index (χ3n) is 3.53. The van der Waals surface area contributed by atoms with Gasteiger partial charge in [0.25, 0.3) is 0 Å². The topological polar surface area (TPSA) is 70.1 Å². The molecule has 0 saturated carbocycles. The number of amides is 1. The standard InChI is InChI=1S/C12H22N2O4/c1-12(2)8-14(5-6-18-4)11(17)9(13(12)3)7-10(15)16/h9H,5-8H2,1-4H3,(H,15,16). The van der Waals surface area contributed by atoms with Gasteiger partial charge in [0.2, 0.25) is 5.91 Å². The summed E-state index contributed by atoms with van der Waals surface area (Å²) in [5.41, 5.74) is -0.234. The first-order valence-corrected chi connectivity index (χ1v) is 6.02. The van der Waals surface area contributed by atoms with Crippen molar-refractivity contribution in [3.05, 3.63) is 0 Å². The maximum absolute atomic E-state index is 12.2. The molecule has 1 amide bonds. The number of likely N-dealkylation sites (N-methyl/N-ethyl adjacent to an activating group) is 1. The molecule has 6 heteroatoms. The summed E-state index contributed by atoms with van der Waals surface area (Å²) in [5.74, 6) is -1.08. The molecule has 0 aromatic carbocycles. The fraction of sp³-hybridized carbons (Fsp3) is 0.833. The summed E-state index contributed by atoms with van der Waals surface area (Å²) < 4.78 is 4.98. The Morgan fingerprint density at radius 1 is 1.56 bits per heavy atom. The van der Waals surface area contributed by atoms with Gasteiger partial charge in [0.1, 0.15) is 6.04 Å². The van der Waals surface area contributed by atoms with Crippen LogP contribution in [-0.2, 0) is 14.3 Å². The van der Waals surface area contributed by atoms with Crippen LogP contribution in [-0.4, -0.2) is 72.2 Å². The van der Waals surface area contributed by atoms with Crippen LogP contribution in [0.25, 0.3) is 0 Å². The van der Waals surface area contributed by atoms with E-state index in [2.05, 4.69) is 0 Å². The Morgan fingerprint density at radius 3 is 2.67 bits per heavy atom. The smallest absolute Gasteiger partial charge is 0.305 e. The van der Waals surface area contributed by atoms with Crippen LogP contribution >= 0.6 is 0 Å². The maximum atomic E-state index is 12.2. The molecular weight excluding hydrogens is 236 g/mol. The minimum atomic E-state index is -0.954. The van der Waals surface area contributed by atoms with Gasteiger partial charge < -0.3 is 14.7 Å². The second kappa shape index (κ2) is 5.67. The van der Waals surface area contributed by atoms with Gasteiger partial charge in [-0.05, 0) is 20.9 Å². The van der Waals surface area contributed by atoms with E-state index >= 15 is 0 Å². The first kappa shape index (κ1) is 14.9. The summed E-state index contributed by atoms with van der Waals surface area (Å²) >= 11 is 0. The molecule has 0 aliphatic carbocycles. The van der Waals surface area contributed by atoms with Gasteiger partial charge in [-0.1, -0.05) is 0 Å². The van der Waals surface area contributed by atoms with Crippen LogP contribution in [0.15, 0.2) is 0 Å². The largest absolute Gasteiger partial charge is 0.481 e. The van der Waals surface area contributed by atoms with Crippen molar-refractivity contribution in [1.29, 1.82) is 0 Å². The highest BCUT2D eigenvalue weighted by atomic mass is 16.5. The van der Waals surface area contributed by atoms with Crippen molar-refractivity contribution >= 4 is 11.9 Å². The van der Waals surface area contributed by atoms with Crippen molar-refractivity contribution in [2.45, 2.75) is 31.8 Å². The van der Waals surface area contributed by atoms with Crippen molar-refractivity contribution in [2.75, 3.05) is 33.9 Å². The van der Waals surface area contributed by atoms with E-state index in [1.165, 1.54) is 0 Å². The zero-order valence-electron chi connectivity index (χ0n) is 11.5. The number of methoxy groups -OCH3 is 1. The molecule has 6 nitrogen and oxygen atoms in total. The summed E-state index contributed by atoms with van der Waals surface area (Å²) in [6, 6.07) is -0.594. The van der Waals surface area contributed by atoms with Crippen molar-refractivity contribution in [2.24, 2.45) is 0 Å². The summed E-state index contributed by atoms with van der Waals surface area (Å²) in [6.07, 6.45) is -0.164. The predicted molar refractivity (Wildman–Crippen MR) is 66.3 cm³/mol. The highest BCUT2D eigenvalue weighted by Crippen LogP contribution is 2.25. The Labute approximate surface area is 107 Å². The number of carbonyl (C=O) groups is 2. The first-order chi connectivity index (χ1) is 8.29. The molecule has 1 heterocycles. The zero-order valence-corrected chi connectivity index (χ0v) is 11.5. The number of hydrogen-bond acceptors (Lipinski definition) is 4. The minimum absolute atomic E-state index is 0.128. The number of carboxylic acids is 1. The number of aliphatic carboxylic acids is 1.